The third-order valence-electron chi connectivity index (χ3n) is 5.87. The van der Waals surface area contributed by atoms with Crippen molar-refractivity contribution in [3.63, 3.8) is 0 Å². The average Bonchev–Trinajstić information content (AvgIpc) is 3.29. The van der Waals surface area contributed by atoms with Crippen molar-refractivity contribution in [1.82, 2.24) is 15.1 Å². The number of aromatic amines is 1. The zero-order valence-corrected chi connectivity index (χ0v) is 20.2. The first-order valence-electron chi connectivity index (χ1n) is 11.0. The number of hydrogen-bond acceptors (Lipinski definition) is 7. The Kier molecular flexibility index (Phi) is 5.93. The molecule has 0 bridgehead atoms. The Morgan fingerprint density at radius 3 is 2.61 bits per heavy atom. The van der Waals surface area contributed by atoms with Crippen molar-refractivity contribution in [2.24, 2.45) is 0 Å². The van der Waals surface area contributed by atoms with Gasteiger partial charge in [0.05, 0.1) is 22.7 Å². The Bertz CT molecular complexity index is 1740. The Balaban J connectivity index is 1.66. The maximum Gasteiger partial charge on any atom is 0.439 e. The fourth-order valence-electron chi connectivity index (χ4n) is 4.17. The van der Waals surface area contributed by atoms with Crippen LogP contribution in [0.5, 0.6) is 0 Å². The minimum atomic E-state index is -0.728. The van der Waals surface area contributed by atoms with Crippen molar-refractivity contribution in [3.05, 3.63) is 97.0 Å². The molecule has 0 aliphatic carbocycles. The fourth-order valence-corrected chi connectivity index (χ4v) is 4.31. The van der Waals surface area contributed by atoms with Crippen LogP contribution in [0.3, 0.4) is 0 Å². The molecule has 0 saturated heterocycles. The minimum Gasteiger partial charge on any atom is -0.455 e. The Labute approximate surface area is 208 Å². The molecule has 0 radical (unpaired) electrons. The highest BCUT2D eigenvalue weighted by molar-refractivity contribution is 6.29. The van der Waals surface area contributed by atoms with Gasteiger partial charge in [0.2, 0.25) is 5.82 Å². The molecule has 182 valence electrons. The van der Waals surface area contributed by atoms with Gasteiger partial charge >= 0.3 is 5.76 Å². The number of aromatic nitrogens is 3. The zero-order valence-electron chi connectivity index (χ0n) is 19.5. The molecular weight excluding hydrogens is 487 g/mol. The molecule has 2 N–H and O–H groups in total. The first-order chi connectivity index (χ1) is 17.2. The van der Waals surface area contributed by atoms with E-state index < -0.39 is 17.6 Å². The molecule has 5 rings (SSSR count). The number of anilines is 1. The number of nitrogens with one attached hydrogen (secondary N) is 2. The summed E-state index contributed by atoms with van der Waals surface area (Å²) in [6.45, 7) is 5.38. The van der Waals surface area contributed by atoms with Gasteiger partial charge in [0.25, 0.3) is 0 Å². The molecule has 36 heavy (non-hydrogen) atoms. The number of benzene rings is 2. The molecule has 1 atom stereocenters. The normalized spacial score (nSPS) is 12.1. The van der Waals surface area contributed by atoms with E-state index in [1.165, 1.54) is 6.07 Å². The maximum atomic E-state index is 14.6. The number of H-pyrrole nitrogens is 1. The summed E-state index contributed by atoms with van der Waals surface area (Å²) in [5, 5.41) is 7.63. The molecule has 0 aliphatic heterocycles. The second kappa shape index (κ2) is 9.09. The molecule has 0 aliphatic rings. The molecule has 1 unspecified atom stereocenters. The standard InChI is InChI=1S/C26H20ClFN4O4/c1-12-10-16(14(3)29-19-8-9-20(27)30-21(19)25-31-26(34)36-32-25)24-17(11-12)22(33)13(2)23(35-24)15-6-4-5-7-18(15)28/h4-11,14,29H,1-3H3,(H,31,32,34). The highest BCUT2D eigenvalue weighted by Crippen LogP contribution is 2.34. The van der Waals surface area contributed by atoms with E-state index in [0.29, 0.717) is 27.8 Å². The predicted octanol–water partition coefficient (Wildman–Crippen LogP) is 5.78. The maximum absolute atomic E-state index is 14.6. The zero-order chi connectivity index (χ0) is 25.6. The highest BCUT2D eigenvalue weighted by atomic mass is 35.5. The van der Waals surface area contributed by atoms with Crippen molar-refractivity contribution in [2.75, 3.05) is 5.32 Å². The van der Waals surface area contributed by atoms with Gasteiger partial charge in [-0.05, 0) is 56.7 Å². The Morgan fingerprint density at radius 2 is 1.89 bits per heavy atom. The van der Waals surface area contributed by atoms with Gasteiger partial charge in [-0.2, -0.15) is 0 Å². The van der Waals surface area contributed by atoms with E-state index in [4.69, 9.17) is 16.0 Å². The second-order valence-electron chi connectivity index (χ2n) is 8.44. The second-order valence-corrected chi connectivity index (χ2v) is 8.82. The Hall–Kier alpha value is -4.24. The van der Waals surface area contributed by atoms with Crippen LogP contribution in [0, 0.1) is 19.7 Å². The Morgan fingerprint density at radius 1 is 1.11 bits per heavy atom. The SMILES string of the molecule is Cc1cc(C(C)Nc2ccc(Cl)nc2-c2noc(=O)[nH]2)c2oc(-c3ccccc3F)c(C)c(=O)c2c1. The van der Waals surface area contributed by atoms with Crippen LogP contribution in [0.15, 0.2) is 67.1 Å². The van der Waals surface area contributed by atoms with Crippen LogP contribution in [0.4, 0.5) is 10.1 Å². The van der Waals surface area contributed by atoms with Crippen LogP contribution in [0.25, 0.3) is 33.8 Å². The first-order valence-corrected chi connectivity index (χ1v) is 11.4. The van der Waals surface area contributed by atoms with Gasteiger partial charge in [-0.3, -0.25) is 14.3 Å². The summed E-state index contributed by atoms with van der Waals surface area (Å²) in [5.41, 5.74) is 2.95. The van der Waals surface area contributed by atoms with Gasteiger partial charge < -0.3 is 9.73 Å². The van der Waals surface area contributed by atoms with Crippen LogP contribution in [-0.2, 0) is 0 Å². The molecule has 3 aromatic heterocycles. The number of pyridine rings is 1. The molecule has 5 aromatic rings. The fraction of sp³-hybridized carbons (Fsp3) is 0.154. The van der Waals surface area contributed by atoms with Crippen molar-refractivity contribution in [3.8, 4) is 22.8 Å². The van der Waals surface area contributed by atoms with Crippen LogP contribution < -0.4 is 16.5 Å². The summed E-state index contributed by atoms with van der Waals surface area (Å²) < 4.78 is 25.5. The third kappa shape index (κ3) is 4.18. The summed E-state index contributed by atoms with van der Waals surface area (Å²) in [4.78, 5) is 31.5. The first kappa shape index (κ1) is 23.5. The molecule has 8 nitrogen and oxygen atoms in total. The van der Waals surface area contributed by atoms with E-state index in [0.717, 1.165) is 5.56 Å². The quantitative estimate of drug-likeness (QED) is 0.290. The van der Waals surface area contributed by atoms with E-state index in [2.05, 4.69) is 25.0 Å². The summed E-state index contributed by atoms with van der Waals surface area (Å²) >= 11 is 6.08. The summed E-state index contributed by atoms with van der Waals surface area (Å²) in [6.07, 6.45) is 0. The molecule has 10 heteroatoms. The molecule has 0 fully saturated rings. The monoisotopic (exact) mass is 506 g/mol. The molecule has 0 spiro atoms. The largest absolute Gasteiger partial charge is 0.455 e. The summed E-state index contributed by atoms with van der Waals surface area (Å²) in [7, 11) is 0. The van der Waals surface area contributed by atoms with E-state index in [1.807, 2.05) is 19.9 Å². The smallest absolute Gasteiger partial charge is 0.439 e. The topological polar surface area (TPSA) is 114 Å². The van der Waals surface area contributed by atoms with Gasteiger partial charge in [-0.25, -0.2) is 14.2 Å². The third-order valence-corrected chi connectivity index (χ3v) is 6.09. The lowest BCUT2D eigenvalue weighted by Gasteiger charge is -2.20. The summed E-state index contributed by atoms with van der Waals surface area (Å²) in [5.74, 6) is -0.929. The number of rotatable bonds is 5. The van der Waals surface area contributed by atoms with E-state index in [9.17, 15) is 14.0 Å². The predicted molar refractivity (Wildman–Crippen MR) is 135 cm³/mol. The van der Waals surface area contributed by atoms with E-state index in [1.54, 1.807) is 43.3 Å². The van der Waals surface area contributed by atoms with Crippen molar-refractivity contribution in [1.29, 1.82) is 0 Å². The van der Waals surface area contributed by atoms with Gasteiger partial charge in [-0.1, -0.05) is 35.0 Å². The number of fused-ring (bicyclic) bond motifs is 1. The number of hydrogen-bond donors (Lipinski definition) is 2. The average molecular weight is 507 g/mol. The van der Waals surface area contributed by atoms with E-state index >= 15 is 0 Å². The number of halogens is 2. The molecule has 0 amide bonds. The van der Waals surface area contributed by atoms with Crippen LogP contribution in [0.1, 0.15) is 29.7 Å². The number of nitrogens with zero attached hydrogens (tertiary/aromatic N) is 2. The van der Waals surface area contributed by atoms with Gasteiger partial charge in [0.15, 0.2) is 5.43 Å². The van der Waals surface area contributed by atoms with Crippen molar-refractivity contribution < 1.29 is 13.3 Å². The molecular formula is C26H20ClFN4O4. The molecule has 2 aromatic carbocycles. The van der Waals surface area contributed by atoms with Crippen LogP contribution >= 0.6 is 11.6 Å². The van der Waals surface area contributed by atoms with Crippen molar-refractivity contribution in [2.45, 2.75) is 26.8 Å². The molecule has 0 saturated carbocycles. The van der Waals surface area contributed by atoms with Gasteiger partial charge in [0.1, 0.15) is 28.0 Å². The highest BCUT2D eigenvalue weighted by Gasteiger charge is 2.22. The van der Waals surface area contributed by atoms with Gasteiger partial charge in [-0.15, -0.1) is 0 Å². The van der Waals surface area contributed by atoms with Crippen LogP contribution in [-0.4, -0.2) is 15.1 Å². The lowest BCUT2D eigenvalue weighted by atomic mass is 9.98. The van der Waals surface area contributed by atoms with Crippen molar-refractivity contribution >= 4 is 28.3 Å². The number of aryl methyl sites for hydroxylation is 1. The summed E-state index contributed by atoms with van der Waals surface area (Å²) in [6, 6.07) is 12.7. The van der Waals surface area contributed by atoms with E-state index in [-0.39, 0.29) is 33.4 Å². The molecule has 3 heterocycles. The van der Waals surface area contributed by atoms with Crippen LogP contribution in [0.2, 0.25) is 5.15 Å². The van der Waals surface area contributed by atoms with Gasteiger partial charge in [0, 0.05) is 11.1 Å². The lowest BCUT2D eigenvalue weighted by Crippen LogP contribution is -2.13. The lowest BCUT2D eigenvalue weighted by molar-refractivity contribution is 0.388. The minimum absolute atomic E-state index is 0.107.